The zero-order chi connectivity index (χ0) is 75.2. The summed E-state index contributed by atoms with van der Waals surface area (Å²) in [5.74, 6) is 3.47. The summed E-state index contributed by atoms with van der Waals surface area (Å²) >= 11 is 3.53. The van der Waals surface area contributed by atoms with E-state index in [0.717, 1.165) is 71.9 Å². The number of aromatic carboxylic acids is 1. The van der Waals surface area contributed by atoms with Crippen molar-refractivity contribution in [2.45, 2.75) is 6.92 Å². The molecule has 6 aromatic carbocycles. The second kappa shape index (κ2) is 35.6. The molecule has 25 nitrogen and oxygen atoms in total. The summed E-state index contributed by atoms with van der Waals surface area (Å²) in [7, 11) is 6.92. The van der Waals surface area contributed by atoms with E-state index < -0.39 is 19.1 Å². The Kier molecular flexibility index (Phi) is 24.4. The number of methoxy groups -OCH3 is 3. The van der Waals surface area contributed by atoms with Gasteiger partial charge in [0.25, 0.3) is 5.91 Å². The summed E-state index contributed by atoms with van der Waals surface area (Å²) in [5, 5.41) is 26.0. The lowest BCUT2D eigenvalue weighted by Gasteiger charge is -2.10. The first-order valence-electron chi connectivity index (χ1n) is 32.9. The molecule has 0 aliphatic rings. The highest BCUT2D eigenvalue weighted by molar-refractivity contribution is 7.18. The van der Waals surface area contributed by atoms with Crippen LogP contribution in [0.2, 0.25) is 0 Å². The molecule has 532 valence electrons. The number of carbonyl (C=O) groups excluding carboxylic acids is 2. The molecule has 0 aliphatic carbocycles. The Hall–Kier alpha value is -13.2. The molecule has 15 rings (SSSR count). The molecule has 9 aromatic heterocycles. The number of halogens is 1. The smallest absolute Gasteiger partial charge is 0.350 e. The first kappa shape index (κ1) is 72.6. The normalized spacial score (nSPS) is 10.6. The van der Waals surface area contributed by atoms with Crippen molar-refractivity contribution in [1.82, 2.24) is 65.1 Å². The molecule has 106 heavy (non-hydrogen) atoms. The Balaban J connectivity index is 0.000000155. The molecule has 15 aromatic rings. The molecule has 29 heteroatoms. The fraction of sp³-hybridized carbons (Fsp3) is 0.104. The summed E-state index contributed by atoms with van der Waals surface area (Å²) in [5.41, 5.74) is 13.0. The van der Waals surface area contributed by atoms with Gasteiger partial charge in [-0.05, 0) is 105 Å². The number of anilines is 6. The SMILES string of the molecule is CCOC(=O)c1sc(Nc2nc(-c3cccnc3)nc3ccc(OC)cc23)nc1-c1ccccc1.CN.CNC(=O)c1sc(Nc2nc(-c3cccnc3)nc3ccc(OC)cc23)nc1-c1ccccc1.COc1ccc2nc(-c3cccnc3)nc(Nc3nc(-c4ccccc4)c(C(=O)O)s3)c2c1.[2H]CF. The van der Waals surface area contributed by atoms with Crippen molar-refractivity contribution in [3.63, 3.8) is 0 Å². The summed E-state index contributed by atoms with van der Waals surface area (Å²) in [6.07, 6.45) is 10.2. The first-order chi connectivity index (χ1) is 52.3. The van der Waals surface area contributed by atoms with Gasteiger partial charge in [0.05, 0.1) is 70.1 Å². The van der Waals surface area contributed by atoms with Crippen molar-refractivity contribution < 1.29 is 44.2 Å². The van der Waals surface area contributed by atoms with Crippen LogP contribution in [0.5, 0.6) is 17.2 Å². The lowest BCUT2D eigenvalue weighted by atomic mass is 10.1. The maximum absolute atomic E-state index is 12.7. The number of nitrogens with zero attached hydrogens (tertiary/aromatic N) is 12. The molecule has 0 aliphatic heterocycles. The third-order valence-electron chi connectivity index (χ3n) is 15.3. The Morgan fingerprint density at radius 1 is 0.453 bits per heavy atom. The predicted octanol–water partition coefficient (Wildman–Crippen LogP) is 16.1. The van der Waals surface area contributed by atoms with Crippen LogP contribution in [0.3, 0.4) is 0 Å². The second-order valence-electron chi connectivity index (χ2n) is 21.7. The monoisotopic (exact) mass is 1470 g/mol. The van der Waals surface area contributed by atoms with E-state index in [4.69, 9.17) is 55.2 Å². The average molecular weight is 1470 g/mol. The number of benzene rings is 6. The molecule has 0 bridgehead atoms. The van der Waals surface area contributed by atoms with E-state index in [0.29, 0.717) is 99.9 Å². The van der Waals surface area contributed by atoms with Crippen molar-refractivity contribution in [2.24, 2.45) is 5.73 Å². The van der Waals surface area contributed by atoms with Crippen LogP contribution in [-0.2, 0) is 4.74 Å². The standard InChI is InChI=1S/C26H21N5O3S.C25H20N6O2S.C24H17N5O3S.CH3F.CH5N/c1-3-34-25(32)22-21(16-8-5-4-6-9-16)29-26(35-22)31-24-19-14-18(33-2)11-12-20(19)28-23(30-24)17-10-7-13-27-15-17;1-26-24(32)21-20(15-7-4-3-5-8-15)29-25(34-21)31-23-18-13-17(33-2)10-11-19(18)28-22(30-23)16-9-6-12-27-14-16;1-32-16-9-10-18-17(12-16)22(28-21(26-18)15-8-5-11-25-13-15)29-24-27-19(20(33-24)23(30)31)14-6-3-2-4-7-14;2*1-2/h4-15H,3H2,1-2H3,(H,28,29,30,31);3-14H,1-2H3,(H,26,32)(H,28,29,30,31);2-13H,1H3,(H,30,31)(H,26,27,28,29);1H3;2H2,1H3/i;;;1D;. The Morgan fingerprint density at radius 2 is 0.774 bits per heavy atom. The third-order valence-corrected chi connectivity index (χ3v) is 18.1. The van der Waals surface area contributed by atoms with Gasteiger partial charge in [-0.3, -0.25) is 24.1 Å². The average Bonchev–Trinajstić information content (AvgIpc) is 1.73. The molecule has 9 heterocycles. The van der Waals surface area contributed by atoms with Crippen molar-refractivity contribution in [1.29, 1.82) is 0 Å². The van der Waals surface area contributed by atoms with Crippen LogP contribution < -0.4 is 41.2 Å². The van der Waals surface area contributed by atoms with E-state index >= 15 is 0 Å². The number of aromatic nitrogens is 12. The predicted molar refractivity (Wildman–Crippen MR) is 414 cm³/mol. The molecule has 0 unspecified atom stereocenters. The minimum absolute atomic E-state index is 0.145. The molecule has 1 amide bonds. The van der Waals surface area contributed by atoms with E-state index in [1.807, 2.05) is 182 Å². The van der Waals surface area contributed by atoms with Crippen molar-refractivity contribution in [3.05, 3.63) is 234 Å². The van der Waals surface area contributed by atoms with Gasteiger partial charge in [0, 0.05) is 93.8 Å². The van der Waals surface area contributed by atoms with Gasteiger partial charge < -0.3 is 51.1 Å². The third kappa shape index (κ3) is 17.4. The van der Waals surface area contributed by atoms with Crippen LogP contribution in [0.25, 0.3) is 101 Å². The zero-order valence-electron chi connectivity index (χ0n) is 58.6. The fourth-order valence-corrected chi connectivity index (χ4v) is 13.0. The minimum Gasteiger partial charge on any atom is -0.497 e. The summed E-state index contributed by atoms with van der Waals surface area (Å²) in [6.45, 7) is 2.05. The number of carbonyl (C=O) groups is 3. The highest BCUT2D eigenvalue weighted by atomic mass is 32.1. The number of esters is 1. The van der Waals surface area contributed by atoms with E-state index in [-0.39, 0.29) is 17.4 Å². The van der Waals surface area contributed by atoms with Crippen LogP contribution in [0.4, 0.5) is 37.2 Å². The van der Waals surface area contributed by atoms with Crippen LogP contribution in [-0.4, -0.2) is 132 Å². The quantitative estimate of drug-likeness (QED) is 0.0410. The number of thiazole rings is 3. The Labute approximate surface area is 620 Å². The molecule has 0 atom stereocenters. The van der Waals surface area contributed by atoms with Gasteiger partial charge in [0.15, 0.2) is 32.9 Å². The van der Waals surface area contributed by atoms with Crippen LogP contribution in [0.1, 0.15) is 37.3 Å². The number of rotatable bonds is 19. The number of amides is 1. The number of alkyl halides is 1. The Morgan fingerprint density at radius 3 is 1.08 bits per heavy atom. The van der Waals surface area contributed by atoms with Gasteiger partial charge in [0.2, 0.25) is 0 Å². The van der Waals surface area contributed by atoms with E-state index in [9.17, 15) is 23.9 Å². The Bertz CT molecular complexity index is 5530. The highest BCUT2D eigenvalue weighted by Gasteiger charge is 2.25. The van der Waals surface area contributed by atoms with Gasteiger partial charge in [-0.15, -0.1) is 0 Å². The zero-order valence-corrected chi connectivity index (χ0v) is 60.0. The highest BCUT2D eigenvalue weighted by Crippen LogP contribution is 2.40. The number of fused-ring (bicyclic) bond motifs is 3. The lowest BCUT2D eigenvalue weighted by molar-refractivity contribution is 0.0532. The number of hydrogen-bond donors (Lipinski definition) is 6. The molecule has 0 fully saturated rings. The van der Waals surface area contributed by atoms with Crippen molar-refractivity contribution >= 4 is 117 Å². The maximum atomic E-state index is 12.7. The molecule has 0 saturated carbocycles. The second-order valence-corrected chi connectivity index (χ2v) is 24.7. The summed E-state index contributed by atoms with van der Waals surface area (Å²) < 4.78 is 37.0. The molecular formula is C77H66FN17O8S3. The number of carboxylic acids is 1. The summed E-state index contributed by atoms with van der Waals surface area (Å²) in [4.78, 5) is 93.2. The van der Waals surface area contributed by atoms with Gasteiger partial charge in [-0.2, -0.15) is 0 Å². The summed E-state index contributed by atoms with van der Waals surface area (Å²) in [6, 6.07) is 56.2. The first-order valence-corrected chi connectivity index (χ1v) is 34.6. The number of hydrogen-bond acceptors (Lipinski definition) is 26. The topological polar surface area (TPSA) is 337 Å². The molecule has 0 saturated heterocycles. The van der Waals surface area contributed by atoms with Crippen LogP contribution in [0, 0.1) is 0 Å². The largest absolute Gasteiger partial charge is 0.497 e. The van der Waals surface area contributed by atoms with Gasteiger partial charge >= 0.3 is 11.9 Å². The number of ether oxygens (including phenoxy) is 4. The maximum Gasteiger partial charge on any atom is 0.350 e. The molecular weight excluding hydrogens is 1410 g/mol. The van der Waals surface area contributed by atoms with Crippen molar-refractivity contribution in [3.8, 4) is 85.2 Å². The van der Waals surface area contributed by atoms with Crippen LogP contribution in [0.15, 0.2) is 219 Å². The molecule has 0 radical (unpaired) electrons. The number of carboxylic acid groups (broad SMARTS) is 1. The van der Waals surface area contributed by atoms with Gasteiger partial charge in [-0.25, -0.2) is 54.4 Å². The van der Waals surface area contributed by atoms with Crippen molar-refractivity contribution in [2.75, 3.05) is 65.1 Å². The van der Waals surface area contributed by atoms with Gasteiger partial charge in [-0.1, -0.05) is 125 Å². The lowest BCUT2D eigenvalue weighted by Crippen LogP contribution is -2.17. The number of nitrogens with two attached hydrogens (primary N) is 1. The minimum atomic E-state index is -1.04. The van der Waals surface area contributed by atoms with E-state index in [1.54, 1.807) is 72.5 Å². The fourth-order valence-electron chi connectivity index (χ4n) is 10.4. The number of pyridine rings is 3. The van der Waals surface area contributed by atoms with E-state index in [1.165, 1.54) is 29.7 Å². The molecule has 7 N–H and O–H groups in total. The van der Waals surface area contributed by atoms with Crippen LogP contribution >= 0.6 is 34.0 Å². The van der Waals surface area contributed by atoms with E-state index in [2.05, 4.69) is 51.9 Å². The molecule has 0 spiro atoms. The van der Waals surface area contributed by atoms with Gasteiger partial charge in [0.1, 0.15) is 49.3 Å². The number of nitrogens with one attached hydrogen (secondary N) is 4.